The van der Waals surface area contributed by atoms with E-state index in [1.165, 1.54) is 11.3 Å². The highest BCUT2D eigenvalue weighted by Gasteiger charge is 2.14. The second-order valence-corrected chi connectivity index (χ2v) is 7.91. The highest BCUT2D eigenvalue weighted by atomic mass is 35.5. The van der Waals surface area contributed by atoms with Crippen LogP contribution in [0.25, 0.3) is 16.4 Å². The predicted molar refractivity (Wildman–Crippen MR) is 118 cm³/mol. The first kappa shape index (κ1) is 19.4. The predicted octanol–water partition coefficient (Wildman–Crippen LogP) is 5.53. The summed E-state index contributed by atoms with van der Waals surface area (Å²) in [5, 5.41) is 10.8. The monoisotopic (exact) mass is 422 g/mol. The molecular formula is C22H19ClN4OS. The van der Waals surface area contributed by atoms with E-state index in [0.717, 1.165) is 22.5 Å². The van der Waals surface area contributed by atoms with Crippen LogP contribution in [0.1, 0.15) is 17.7 Å². The highest BCUT2D eigenvalue weighted by Crippen LogP contribution is 2.27. The fraction of sp³-hybridized carbons (Fsp3) is 0.136. The van der Waals surface area contributed by atoms with Gasteiger partial charge in [0.05, 0.1) is 11.4 Å². The second-order valence-electron chi connectivity index (χ2n) is 6.64. The fourth-order valence-electron chi connectivity index (χ4n) is 2.96. The standard InChI is InChI=1S/C22H19ClN4OS/c1-15-13-20(25-21(28)12-7-16-5-3-2-4-6-16)27(26-15)22-24-19(14-29-22)17-8-10-18(23)11-9-17/h2-6,8-11,13-14H,7,12H2,1H3,(H,25,28). The summed E-state index contributed by atoms with van der Waals surface area (Å²) in [6, 6.07) is 19.4. The van der Waals surface area contributed by atoms with Crippen molar-refractivity contribution in [1.82, 2.24) is 14.8 Å². The van der Waals surface area contributed by atoms with Crippen LogP contribution in [0.2, 0.25) is 5.02 Å². The number of aromatic nitrogens is 3. The molecule has 0 fully saturated rings. The fourth-order valence-corrected chi connectivity index (χ4v) is 3.88. The number of nitrogens with zero attached hydrogens (tertiary/aromatic N) is 3. The lowest BCUT2D eigenvalue weighted by molar-refractivity contribution is -0.116. The van der Waals surface area contributed by atoms with Crippen molar-refractivity contribution in [3.8, 4) is 16.4 Å². The average molecular weight is 423 g/mol. The van der Waals surface area contributed by atoms with Gasteiger partial charge in [-0.1, -0.05) is 54.1 Å². The summed E-state index contributed by atoms with van der Waals surface area (Å²) in [7, 11) is 0. The molecule has 0 atom stereocenters. The van der Waals surface area contributed by atoms with Gasteiger partial charge in [-0.25, -0.2) is 4.98 Å². The molecular weight excluding hydrogens is 404 g/mol. The maximum Gasteiger partial charge on any atom is 0.225 e. The number of carbonyl (C=O) groups is 1. The second kappa shape index (κ2) is 8.59. The minimum atomic E-state index is -0.0514. The smallest absolute Gasteiger partial charge is 0.225 e. The third kappa shape index (κ3) is 4.72. The number of hydrogen-bond acceptors (Lipinski definition) is 4. The molecule has 0 aliphatic carbocycles. The van der Waals surface area contributed by atoms with Gasteiger partial charge >= 0.3 is 0 Å². The molecule has 4 aromatic rings. The van der Waals surface area contributed by atoms with Gasteiger partial charge in [0.25, 0.3) is 0 Å². The van der Waals surface area contributed by atoms with Crippen LogP contribution in [0.4, 0.5) is 5.82 Å². The molecule has 146 valence electrons. The molecule has 0 radical (unpaired) electrons. The normalized spacial score (nSPS) is 10.8. The number of hydrogen-bond donors (Lipinski definition) is 1. The third-order valence-electron chi connectivity index (χ3n) is 4.40. The molecule has 1 N–H and O–H groups in total. The Balaban J connectivity index is 1.49. The van der Waals surface area contributed by atoms with Crippen molar-refractivity contribution in [2.75, 3.05) is 5.32 Å². The lowest BCUT2D eigenvalue weighted by Crippen LogP contribution is -2.15. The third-order valence-corrected chi connectivity index (χ3v) is 5.46. The quantitative estimate of drug-likeness (QED) is 0.444. The summed E-state index contributed by atoms with van der Waals surface area (Å²) < 4.78 is 1.68. The number of rotatable bonds is 6. The van der Waals surface area contributed by atoms with Gasteiger partial charge in [-0.2, -0.15) is 9.78 Å². The summed E-state index contributed by atoms with van der Waals surface area (Å²) in [5.41, 5.74) is 3.77. The highest BCUT2D eigenvalue weighted by molar-refractivity contribution is 7.12. The average Bonchev–Trinajstić information content (AvgIpc) is 3.34. The van der Waals surface area contributed by atoms with Crippen LogP contribution in [-0.2, 0) is 11.2 Å². The van der Waals surface area contributed by atoms with E-state index in [9.17, 15) is 4.79 Å². The zero-order valence-electron chi connectivity index (χ0n) is 15.8. The van der Waals surface area contributed by atoms with Crippen LogP contribution >= 0.6 is 22.9 Å². The maximum atomic E-state index is 12.5. The molecule has 5 nitrogen and oxygen atoms in total. The first-order valence-electron chi connectivity index (χ1n) is 9.21. The first-order valence-corrected chi connectivity index (χ1v) is 10.5. The Morgan fingerprint density at radius 1 is 1.14 bits per heavy atom. The van der Waals surface area contributed by atoms with E-state index in [2.05, 4.69) is 15.4 Å². The molecule has 7 heteroatoms. The van der Waals surface area contributed by atoms with E-state index in [4.69, 9.17) is 11.6 Å². The molecule has 0 aliphatic rings. The van der Waals surface area contributed by atoms with Crippen LogP contribution < -0.4 is 5.32 Å². The Hall–Kier alpha value is -2.96. The molecule has 1 amide bonds. The summed E-state index contributed by atoms with van der Waals surface area (Å²) in [6.45, 7) is 1.89. The molecule has 29 heavy (non-hydrogen) atoms. The van der Waals surface area contributed by atoms with E-state index < -0.39 is 0 Å². The molecule has 2 aromatic heterocycles. The van der Waals surface area contributed by atoms with Gasteiger partial charge in [-0.05, 0) is 31.0 Å². The zero-order chi connectivity index (χ0) is 20.2. The molecule has 2 aromatic carbocycles. The van der Waals surface area contributed by atoms with E-state index in [-0.39, 0.29) is 5.91 Å². The Bertz CT molecular complexity index is 1120. The number of anilines is 1. The SMILES string of the molecule is Cc1cc(NC(=O)CCc2ccccc2)n(-c2nc(-c3ccc(Cl)cc3)cs2)n1. The Kier molecular flexibility index (Phi) is 5.74. The summed E-state index contributed by atoms with van der Waals surface area (Å²) >= 11 is 7.44. The number of halogens is 1. The summed E-state index contributed by atoms with van der Waals surface area (Å²) in [4.78, 5) is 17.1. The van der Waals surface area contributed by atoms with Gasteiger partial charge in [-0.3, -0.25) is 4.79 Å². The van der Waals surface area contributed by atoms with Gasteiger partial charge in [0.2, 0.25) is 11.0 Å². The Morgan fingerprint density at radius 3 is 2.66 bits per heavy atom. The van der Waals surface area contributed by atoms with Crippen molar-refractivity contribution >= 4 is 34.7 Å². The largest absolute Gasteiger partial charge is 0.310 e. The summed E-state index contributed by atoms with van der Waals surface area (Å²) in [6.07, 6.45) is 1.10. The van der Waals surface area contributed by atoms with Crippen LogP contribution in [0.5, 0.6) is 0 Å². The van der Waals surface area contributed by atoms with Crippen molar-refractivity contribution in [3.05, 3.63) is 82.3 Å². The van der Waals surface area contributed by atoms with Gasteiger partial charge < -0.3 is 5.32 Å². The number of aryl methyl sites for hydroxylation is 2. The molecule has 0 unspecified atom stereocenters. The molecule has 0 spiro atoms. The molecule has 4 rings (SSSR count). The molecule has 0 aliphatic heterocycles. The van der Waals surface area contributed by atoms with Crippen LogP contribution in [0, 0.1) is 6.92 Å². The lowest BCUT2D eigenvalue weighted by atomic mass is 10.1. The minimum Gasteiger partial charge on any atom is -0.310 e. The van der Waals surface area contributed by atoms with E-state index in [1.807, 2.05) is 73.0 Å². The number of nitrogens with one attached hydrogen (secondary N) is 1. The van der Waals surface area contributed by atoms with Crippen LogP contribution in [-0.4, -0.2) is 20.7 Å². The van der Waals surface area contributed by atoms with Gasteiger partial charge in [0.15, 0.2) is 0 Å². The number of carbonyl (C=O) groups excluding carboxylic acids is 1. The zero-order valence-corrected chi connectivity index (χ0v) is 17.4. The molecule has 0 bridgehead atoms. The van der Waals surface area contributed by atoms with Crippen molar-refractivity contribution in [3.63, 3.8) is 0 Å². The van der Waals surface area contributed by atoms with Gasteiger partial charge in [0.1, 0.15) is 5.82 Å². The van der Waals surface area contributed by atoms with Crippen LogP contribution in [0.3, 0.4) is 0 Å². The maximum absolute atomic E-state index is 12.5. The van der Waals surface area contributed by atoms with Gasteiger partial charge in [0, 0.05) is 28.5 Å². The van der Waals surface area contributed by atoms with E-state index >= 15 is 0 Å². The number of amides is 1. The number of thiazole rings is 1. The van der Waals surface area contributed by atoms with Crippen molar-refractivity contribution in [1.29, 1.82) is 0 Å². The van der Waals surface area contributed by atoms with Gasteiger partial charge in [-0.15, -0.1) is 11.3 Å². The minimum absolute atomic E-state index is 0.0514. The van der Waals surface area contributed by atoms with E-state index in [1.54, 1.807) is 4.68 Å². The molecule has 0 saturated heterocycles. The van der Waals surface area contributed by atoms with Crippen molar-refractivity contribution in [2.45, 2.75) is 19.8 Å². The Labute approximate surface area is 178 Å². The first-order chi connectivity index (χ1) is 14.1. The Morgan fingerprint density at radius 2 is 1.90 bits per heavy atom. The van der Waals surface area contributed by atoms with E-state index in [0.29, 0.717) is 28.8 Å². The van der Waals surface area contributed by atoms with Crippen LogP contribution in [0.15, 0.2) is 66.0 Å². The summed E-state index contributed by atoms with van der Waals surface area (Å²) in [5.74, 6) is 0.571. The lowest BCUT2D eigenvalue weighted by Gasteiger charge is -2.07. The molecule has 0 saturated carbocycles. The van der Waals surface area contributed by atoms with Crippen molar-refractivity contribution < 1.29 is 4.79 Å². The molecule has 2 heterocycles. The van der Waals surface area contributed by atoms with Crippen molar-refractivity contribution in [2.24, 2.45) is 0 Å². The topological polar surface area (TPSA) is 59.8 Å². The number of benzene rings is 2.